The fourth-order valence-corrected chi connectivity index (χ4v) is 3.98. The SMILES string of the molecule is COC(=O)[C@@H]1C[C@H](NC(=O)c2ccccc2-n2cccn2)CN1Cc1ccc(F)c(F)c1. The summed E-state index contributed by atoms with van der Waals surface area (Å²) in [6.45, 7) is 0.571. The minimum Gasteiger partial charge on any atom is -0.468 e. The predicted molar refractivity (Wildman–Crippen MR) is 112 cm³/mol. The van der Waals surface area contributed by atoms with Gasteiger partial charge in [-0.3, -0.25) is 14.5 Å². The Balaban J connectivity index is 1.50. The lowest BCUT2D eigenvalue weighted by atomic mass is 10.1. The Morgan fingerprint density at radius 2 is 1.97 bits per heavy atom. The van der Waals surface area contributed by atoms with E-state index in [4.69, 9.17) is 4.74 Å². The molecule has 0 radical (unpaired) electrons. The van der Waals surface area contributed by atoms with Crippen LogP contribution >= 0.6 is 0 Å². The van der Waals surface area contributed by atoms with Crippen molar-refractivity contribution in [1.82, 2.24) is 20.0 Å². The van der Waals surface area contributed by atoms with Crippen molar-refractivity contribution in [1.29, 1.82) is 0 Å². The third-order valence-corrected chi connectivity index (χ3v) is 5.48. The second-order valence-corrected chi connectivity index (χ2v) is 7.59. The number of halogens is 2. The number of carbonyl (C=O) groups excluding carboxylic acids is 2. The molecule has 32 heavy (non-hydrogen) atoms. The van der Waals surface area contributed by atoms with Crippen LogP contribution in [0.25, 0.3) is 5.69 Å². The van der Waals surface area contributed by atoms with Gasteiger partial charge in [0.15, 0.2) is 11.6 Å². The minimum atomic E-state index is -0.948. The molecule has 1 N–H and O–H groups in total. The van der Waals surface area contributed by atoms with Gasteiger partial charge < -0.3 is 10.1 Å². The largest absolute Gasteiger partial charge is 0.468 e. The molecular weight excluding hydrogens is 418 g/mol. The number of nitrogens with one attached hydrogen (secondary N) is 1. The summed E-state index contributed by atoms with van der Waals surface area (Å²) in [5, 5.41) is 7.17. The summed E-state index contributed by atoms with van der Waals surface area (Å²) in [7, 11) is 1.30. The Kier molecular flexibility index (Phi) is 6.27. The van der Waals surface area contributed by atoms with E-state index >= 15 is 0 Å². The fraction of sp³-hybridized carbons (Fsp3) is 0.261. The van der Waals surface area contributed by atoms with Gasteiger partial charge in [-0.1, -0.05) is 18.2 Å². The summed E-state index contributed by atoms with van der Waals surface area (Å²) in [4.78, 5) is 27.2. The van der Waals surface area contributed by atoms with E-state index in [1.807, 2.05) is 6.07 Å². The molecule has 166 valence electrons. The zero-order valence-electron chi connectivity index (χ0n) is 17.4. The number of hydrogen-bond acceptors (Lipinski definition) is 5. The zero-order chi connectivity index (χ0) is 22.7. The number of carbonyl (C=O) groups is 2. The van der Waals surface area contributed by atoms with E-state index in [0.717, 1.165) is 12.1 Å². The number of ether oxygens (including phenoxy) is 1. The Bertz CT molecular complexity index is 1120. The smallest absolute Gasteiger partial charge is 0.323 e. The number of nitrogens with zero attached hydrogens (tertiary/aromatic N) is 3. The average molecular weight is 440 g/mol. The first-order valence-electron chi connectivity index (χ1n) is 10.1. The van der Waals surface area contributed by atoms with Gasteiger partial charge in [0.05, 0.1) is 18.4 Å². The number of para-hydroxylation sites is 1. The molecule has 9 heteroatoms. The van der Waals surface area contributed by atoms with E-state index in [1.54, 1.807) is 46.2 Å². The van der Waals surface area contributed by atoms with E-state index in [1.165, 1.54) is 13.2 Å². The highest BCUT2D eigenvalue weighted by Gasteiger charge is 2.38. The van der Waals surface area contributed by atoms with Crippen molar-refractivity contribution in [2.24, 2.45) is 0 Å². The molecule has 1 aliphatic rings. The van der Waals surface area contributed by atoms with Gasteiger partial charge in [0.25, 0.3) is 5.91 Å². The van der Waals surface area contributed by atoms with Gasteiger partial charge in [-0.2, -0.15) is 5.10 Å². The van der Waals surface area contributed by atoms with Crippen LogP contribution in [-0.4, -0.2) is 52.3 Å². The summed E-state index contributed by atoms with van der Waals surface area (Å²) in [6.07, 6.45) is 3.72. The second kappa shape index (κ2) is 9.27. The lowest BCUT2D eigenvalue weighted by molar-refractivity contribution is -0.146. The molecule has 3 aromatic rings. The van der Waals surface area contributed by atoms with Gasteiger partial charge in [0, 0.05) is 31.5 Å². The molecule has 2 heterocycles. The van der Waals surface area contributed by atoms with Crippen molar-refractivity contribution < 1.29 is 23.1 Å². The topological polar surface area (TPSA) is 76.5 Å². The van der Waals surface area contributed by atoms with Crippen LogP contribution < -0.4 is 5.32 Å². The number of rotatable bonds is 6. The third-order valence-electron chi connectivity index (χ3n) is 5.48. The van der Waals surface area contributed by atoms with Gasteiger partial charge in [-0.15, -0.1) is 0 Å². The van der Waals surface area contributed by atoms with Crippen molar-refractivity contribution in [3.63, 3.8) is 0 Å². The van der Waals surface area contributed by atoms with Crippen molar-refractivity contribution in [2.45, 2.75) is 25.0 Å². The summed E-state index contributed by atoms with van der Waals surface area (Å²) in [5.74, 6) is -2.61. The van der Waals surface area contributed by atoms with Gasteiger partial charge >= 0.3 is 5.97 Å². The van der Waals surface area contributed by atoms with Crippen LogP contribution in [0.1, 0.15) is 22.3 Å². The molecule has 0 saturated carbocycles. The third kappa shape index (κ3) is 4.52. The number of hydrogen-bond donors (Lipinski definition) is 1. The summed E-state index contributed by atoms with van der Waals surface area (Å²) in [6, 6.07) is 11.5. The molecule has 2 aromatic carbocycles. The molecule has 1 saturated heterocycles. The summed E-state index contributed by atoms with van der Waals surface area (Å²) < 4.78 is 33.4. The number of aromatic nitrogens is 2. The Hall–Kier alpha value is -3.59. The van der Waals surface area contributed by atoms with Crippen molar-refractivity contribution in [3.05, 3.63) is 83.7 Å². The van der Waals surface area contributed by atoms with Gasteiger partial charge in [-0.05, 0) is 42.3 Å². The predicted octanol–water partition coefficient (Wildman–Crippen LogP) is 2.70. The lowest BCUT2D eigenvalue weighted by Gasteiger charge is -2.22. The Labute approximate surface area is 183 Å². The molecule has 1 amide bonds. The van der Waals surface area contributed by atoms with E-state index in [-0.39, 0.29) is 18.5 Å². The van der Waals surface area contributed by atoms with Crippen LogP contribution in [0, 0.1) is 11.6 Å². The molecule has 0 spiro atoms. The van der Waals surface area contributed by atoms with E-state index < -0.39 is 23.6 Å². The van der Waals surface area contributed by atoms with Crippen molar-refractivity contribution in [2.75, 3.05) is 13.7 Å². The maximum atomic E-state index is 13.6. The van der Waals surface area contributed by atoms with Crippen LogP contribution in [0.5, 0.6) is 0 Å². The lowest BCUT2D eigenvalue weighted by Crippen LogP contribution is -2.38. The highest BCUT2D eigenvalue weighted by atomic mass is 19.2. The van der Waals surface area contributed by atoms with Gasteiger partial charge in [0.2, 0.25) is 0 Å². The zero-order valence-corrected chi connectivity index (χ0v) is 17.4. The highest BCUT2D eigenvalue weighted by Crippen LogP contribution is 2.23. The average Bonchev–Trinajstić information content (AvgIpc) is 3.46. The molecule has 2 atom stereocenters. The van der Waals surface area contributed by atoms with Crippen molar-refractivity contribution in [3.8, 4) is 5.69 Å². The highest BCUT2D eigenvalue weighted by molar-refractivity contribution is 5.98. The number of esters is 1. The molecule has 0 bridgehead atoms. The standard InChI is InChI=1S/C23H22F2N4O3/c1-32-23(31)21-12-16(14-28(21)13-15-7-8-18(24)19(25)11-15)27-22(30)17-5-2-3-6-20(17)29-10-4-9-26-29/h2-11,16,21H,12-14H2,1H3,(H,27,30)/t16-,21-/m0/s1. The van der Waals surface area contributed by atoms with Gasteiger partial charge in [0.1, 0.15) is 6.04 Å². The van der Waals surface area contributed by atoms with Crippen LogP contribution in [0.2, 0.25) is 0 Å². The molecule has 1 aromatic heterocycles. The van der Waals surface area contributed by atoms with Crippen LogP contribution in [-0.2, 0) is 16.1 Å². The molecular formula is C23H22F2N4O3. The summed E-state index contributed by atoms with van der Waals surface area (Å²) >= 11 is 0. The minimum absolute atomic E-state index is 0.215. The molecule has 1 aliphatic heterocycles. The first-order chi connectivity index (χ1) is 15.5. The quantitative estimate of drug-likeness (QED) is 0.597. The summed E-state index contributed by atoms with van der Waals surface area (Å²) in [5.41, 5.74) is 1.61. The van der Waals surface area contributed by atoms with E-state index in [0.29, 0.717) is 29.8 Å². The number of amides is 1. The second-order valence-electron chi connectivity index (χ2n) is 7.59. The molecule has 0 unspecified atom stereocenters. The van der Waals surface area contributed by atoms with E-state index in [2.05, 4.69) is 10.4 Å². The number of likely N-dealkylation sites (tertiary alicyclic amines) is 1. The molecule has 7 nitrogen and oxygen atoms in total. The van der Waals surface area contributed by atoms with Crippen molar-refractivity contribution >= 4 is 11.9 Å². The number of methoxy groups -OCH3 is 1. The van der Waals surface area contributed by atoms with Crippen LogP contribution in [0.15, 0.2) is 60.9 Å². The van der Waals surface area contributed by atoms with Crippen LogP contribution in [0.4, 0.5) is 8.78 Å². The first-order valence-corrected chi connectivity index (χ1v) is 10.1. The van der Waals surface area contributed by atoms with Crippen LogP contribution in [0.3, 0.4) is 0 Å². The van der Waals surface area contributed by atoms with E-state index in [9.17, 15) is 18.4 Å². The Morgan fingerprint density at radius 3 is 2.69 bits per heavy atom. The van der Waals surface area contributed by atoms with Gasteiger partial charge in [-0.25, -0.2) is 13.5 Å². The normalized spacial score (nSPS) is 18.5. The number of benzene rings is 2. The maximum Gasteiger partial charge on any atom is 0.323 e. The Morgan fingerprint density at radius 1 is 1.16 bits per heavy atom. The molecule has 1 fully saturated rings. The molecule has 0 aliphatic carbocycles. The monoisotopic (exact) mass is 440 g/mol. The maximum absolute atomic E-state index is 13.6. The first kappa shape index (κ1) is 21.6. The fourth-order valence-electron chi connectivity index (χ4n) is 3.98. The molecule has 4 rings (SSSR count).